The molecule has 128 valence electrons. The summed E-state index contributed by atoms with van der Waals surface area (Å²) < 4.78 is 25.4. The molecule has 0 aliphatic carbocycles. The first kappa shape index (κ1) is 16.7. The molecule has 0 spiro atoms. The molecule has 3 rings (SSSR count). The van der Waals surface area contributed by atoms with Crippen LogP contribution in [0.15, 0.2) is 24.3 Å². The number of benzene rings is 1. The second kappa shape index (κ2) is 6.79. The zero-order chi connectivity index (χ0) is 16.4. The Morgan fingerprint density at radius 1 is 1.00 bits per heavy atom. The van der Waals surface area contributed by atoms with Crippen LogP contribution in [-0.4, -0.2) is 62.1 Å². The fourth-order valence-electron chi connectivity index (χ4n) is 3.38. The van der Waals surface area contributed by atoms with Crippen LogP contribution in [0.25, 0.3) is 0 Å². The van der Waals surface area contributed by atoms with Crippen LogP contribution in [-0.2, 0) is 16.6 Å². The molecule has 5 nitrogen and oxygen atoms in total. The molecule has 0 atom stereocenters. The first-order valence-corrected chi connectivity index (χ1v) is 10.1. The molecule has 6 heteroatoms. The van der Waals surface area contributed by atoms with Crippen molar-refractivity contribution in [2.45, 2.75) is 32.9 Å². The molecule has 2 heterocycles. The van der Waals surface area contributed by atoms with Crippen molar-refractivity contribution >= 4 is 15.7 Å². The van der Waals surface area contributed by atoms with E-state index in [1.165, 1.54) is 5.69 Å². The van der Waals surface area contributed by atoms with Crippen molar-refractivity contribution < 1.29 is 8.42 Å². The number of nitrogens with zero attached hydrogens (tertiary/aromatic N) is 3. The number of piperazine rings is 1. The molecule has 2 aliphatic heterocycles. The Morgan fingerprint density at radius 2 is 1.65 bits per heavy atom. The third-order valence-corrected chi connectivity index (χ3v) is 6.81. The van der Waals surface area contributed by atoms with Gasteiger partial charge < -0.3 is 4.90 Å². The summed E-state index contributed by atoms with van der Waals surface area (Å²) in [6, 6.07) is 9.00. The maximum absolute atomic E-state index is 11.9. The highest BCUT2D eigenvalue weighted by Gasteiger charge is 2.28. The Kier molecular flexibility index (Phi) is 4.94. The quantitative estimate of drug-likeness (QED) is 0.840. The minimum atomic E-state index is -3.01. The molecule has 2 fully saturated rings. The Labute approximate surface area is 139 Å². The van der Waals surface area contributed by atoms with Gasteiger partial charge >= 0.3 is 0 Å². The molecule has 0 aromatic heterocycles. The van der Waals surface area contributed by atoms with Gasteiger partial charge in [-0.15, -0.1) is 0 Å². The van der Waals surface area contributed by atoms with Crippen LogP contribution in [0.5, 0.6) is 0 Å². The van der Waals surface area contributed by atoms with Crippen molar-refractivity contribution in [2.24, 2.45) is 0 Å². The summed E-state index contributed by atoms with van der Waals surface area (Å²) in [4.78, 5) is 4.92. The minimum absolute atomic E-state index is 0.297. The highest BCUT2D eigenvalue weighted by molar-refractivity contribution is 7.89. The molecule has 0 saturated carbocycles. The Morgan fingerprint density at radius 3 is 2.17 bits per heavy atom. The average Bonchev–Trinajstić information content (AvgIpc) is 2.87. The van der Waals surface area contributed by atoms with Crippen LogP contribution in [0, 0.1) is 0 Å². The predicted molar refractivity (Wildman–Crippen MR) is 94.2 cm³/mol. The van der Waals surface area contributed by atoms with Gasteiger partial charge in [-0.05, 0) is 38.0 Å². The van der Waals surface area contributed by atoms with Gasteiger partial charge in [0.2, 0.25) is 10.0 Å². The van der Waals surface area contributed by atoms with Crippen molar-refractivity contribution in [1.29, 1.82) is 0 Å². The molecule has 0 N–H and O–H groups in total. The van der Waals surface area contributed by atoms with Gasteiger partial charge in [0.25, 0.3) is 0 Å². The zero-order valence-electron chi connectivity index (χ0n) is 14.1. The molecule has 23 heavy (non-hydrogen) atoms. The number of rotatable bonds is 4. The molecule has 0 bridgehead atoms. The largest absolute Gasteiger partial charge is 0.369 e. The molecule has 1 aromatic carbocycles. The lowest BCUT2D eigenvalue weighted by Crippen LogP contribution is -2.48. The predicted octanol–water partition coefficient (Wildman–Crippen LogP) is 1.75. The van der Waals surface area contributed by atoms with Gasteiger partial charge in [0.05, 0.1) is 5.75 Å². The number of hydrogen-bond acceptors (Lipinski definition) is 4. The van der Waals surface area contributed by atoms with Crippen LogP contribution in [0.4, 0.5) is 5.69 Å². The van der Waals surface area contributed by atoms with E-state index in [0.717, 1.165) is 38.2 Å². The van der Waals surface area contributed by atoms with Crippen LogP contribution in [0.1, 0.15) is 25.8 Å². The van der Waals surface area contributed by atoms with Gasteiger partial charge in [0.15, 0.2) is 0 Å². The summed E-state index contributed by atoms with van der Waals surface area (Å²) in [5.74, 6) is 0.297. The molecular weight excluding hydrogens is 310 g/mol. The molecule has 0 radical (unpaired) electrons. The van der Waals surface area contributed by atoms with E-state index in [1.54, 1.807) is 4.31 Å². The maximum atomic E-state index is 11.9. The van der Waals surface area contributed by atoms with Gasteiger partial charge in [-0.25, -0.2) is 8.42 Å². The number of sulfonamides is 1. The average molecular weight is 337 g/mol. The second-order valence-corrected chi connectivity index (χ2v) is 8.87. The normalized spacial score (nSPS) is 22.8. The van der Waals surface area contributed by atoms with E-state index in [9.17, 15) is 8.42 Å². The molecule has 0 amide bonds. The topological polar surface area (TPSA) is 43.9 Å². The summed E-state index contributed by atoms with van der Waals surface area (Å²) in [6.07, 6.45) is 0.751. The number of anilines is 1. The van der Waals surface area contributed by atoms with E-state index in [-0.39, 0.29) is 0 Å². The van der Waals surface area contributed by atoms with Crippen molar-refractivity contribution in [3.05, 3.63) is 29.8 Å². The Bertz CT molecular complexity index is 620. The fraction of sp³-hybridized carbons (Fsp3) is 0.647. The maximum Gasteiger partial charge on any atom is 0.214 e. The van der Waals surface area contributed by atoms with Gasteiger partial charge in [-0.3, -0.25) is 4.90 Å². The molecule has 2 aliphatic rings. The van der Waals surface area contributed by atoms with Crippen molar-refractivity contribution in [2.75, 3.05) is 43.4 Å². The van der Waals surface area contributed by atoms with Gasteiger partial charge in [-0.2, -0.15) is 4.31 Å². The lowest BCUT2D eigenvalue weighted by molar-refractivity contribution is 0.209. The van der Waals surface area contributed by atoms with Crippen molar-refractivity contribution in [3.8, 4) is 0 Å². The number of hydrogen-bond donors (Lipinski definition) is 0. The van der Waals surface area contributed by atoms with Crippen LogP contribution in [0.3, 0.4) is 0 Å². The first-order chi connectivity index (χ1) is 11.0. The SMILES string of the molecule is CC(C)N1CCN(c2ccc(CN3CCCS3(=O)=O)cc2)CC1. The smallest absolute Gasteiger partial charge is 0.214 e. The molecule has 2 saturated heterocycles. The van der Waals surface area contributed by atoms with Gasteiger partial charge in [-0.1, -0.05) is 12.1 Å². The monoisotopic (exact) mass is 337 g/mol. The zero-order valence-corrected chi connectivity index (χ0v) is 14.9. The Balaban J connectivity index is 1.60. The third kappa shape index (κ3) is 3.87. The van der Waals surface area contributed by atoms with E-state index in [4.69, 9.17) is 0 Å². The van der Waals surface area contributed by atoms with Crippen LogP contribution >= 0.6 is 0 Å². The summed E-state index contributed by atoms with van der Waals surface area (Å²) in [6.45, 7) is 9.96. The van der Waals surface area contributed by atoms with Crippen molar-refractivity contribution in [3.63, 3.8) is 0 Å². The lowest BCUT2D eigenvalue weighted by Gasteiger charge is -2.38. The summed E-state index contributed by atoms with van der Waals surface area (Å²) >= 11 is 0. The second-order valence-electron chi connectivity index (χ2n) is 6.79. The standard InChI is InChI=1S/C17H27N3O2S/c1-15(2)18-9-11-19(12-10-18)17-6-4-16(5-7-17)14-20-8-3-13-23(20,21)22/h4-7,15H,3,8-14H2,1-2H3. The molecule has 0 unspecified atom stereocenters. The summed E-state index contributed by atoms with van der Waals surface area (Å²) in [5, 5.41) is 0. The lowest BCUT2D eigenvalue weighted by atomic mass is 10.1. The fourth-order valence-corrected chi connectivity index (χ4v) is 4.89. The Hall–Kier alpha value is -1.11. The van der Waals surface area contributed by atoms with Gasteiger partial charge in [0.1, 0.15) is 0 Å². The molecule has 1 aromatic rings. The first-order valence-electron chi connectivity index (χ1n) is 8.51. The highest BCUT2D eigenvalue weighted by Crippen LogP contribution is 2.21. The highest BCUT2D eigenvalue weighted by atomic mass is 32.2. The van der Waals surface area contributed by atoms with Gasteiger partial charge in [0, 0.05) is 51.0 Å². The van der Waals surface area contributed by atoms with E-state index in [2.05, 4.69) is 47.9 Å². The summed E-state index contributed by atoms with van der Waals surface area (Å²) in [7, 11) is -3.01. The minimum Gasteiger partial charge on any atom is -0.369 e. The van der Waals surface area contributed by atoms with E-state index < -0.39 is 10.0 Å². The van der Waals surface area contributed by atoms with Crippen LogP contribution < -0.4 is 4.90 Å². The van der Waals surface area contributed by atoms with E-state index in [0.29, 0.717) is 24.9 Å². The van der Waals surface area contributed by atoms with E-state index in [1.807, 2.05) is 0 Å². The molecular formula is C17H27N3O2S. The third-order valence-electron chi connectivity index (χ3n) is 4.91. The van der Waals surface area contributed by atoms with Crippen LogP contribution in [0.2, 0.25) is 0 Å². The van der Waals surface area contributed by atoms with Crippen molar-refractivity contribution in [1.82, 2.24) is 9.21 Å². The summed E-state index contributed by atoms with van der Waals surface area (Å²) in [5.41, 5.74) is 2.31. The van der Waals surface area contributed by atoms with E-state index >= 15 is 0 Å².